The molecule has 0 N–H and O–H groups in total. The molecule has 2 unspecified atom stereocenters. The van der Waals surface area contributed by atoms with Crippen molar-refractivity contribution in [1.82, 2.24) is 0 Å². The Morgan fingerprint density at radius 1 is 0.574 bits per heavy atom. The number of phosphoric ester groups is 1. The molecule has 0 aliphatic rings. The van der Waals surface area contributed by atoms with E-state index >= 15 is 0 Å². The molecule has 2 atom stereocenters. The first kappa shape index (κ1) is 52.7. The highest BCUT2D eigenvalue weighted by Gasteiger charge is 2.20. The third kappa shape index (κ3) is 41.9. The molecule has 0 rings (SSSR count). The Morgan fingerprint density at radius 2 is 1.04 bits per heavy atom. The molecule has 318 valence electrons. The Balaban J connectivity index is 4.23. The first-order valence-corrected chi connectivity index (χ1v) is 23.7. The van der Waals surface area contributed by atoms with Gasteiger partial charge in [-0.25, -0.2) is 0 Å². The number of rotatable bonds is 41. The van der Waals surface area contributed by atoms with E-state index in [-0.39, 0.29) is 25.8 Å². The largest absolute Gasteiger partial charge is 0.756 e. The van der Waals surface area contributed by atoms with E-state index in [1.165, 1.54) is 109 Å². The highest BCUT2D eigenvalue weighted by atomic mass is 31.2. The molecule has 9 heteroatoms. The van der Waals surface area contributed by atoms with Crippen molar-refractivity contribution < 1.29 is 37.3 Å². The molecule has 0 aliphatic heterocycles. The molecule has 54 heavy (non-hydrogen) atoms. The van der Waals surface area contributed by atoms with Gasteiger partial charge in [-0.2, -0.15) is 0 Å². The molecule has 0 bridgehead atoms. The summed E-state index contributed by atoms with van der Waals surface area (Å²) >= 11 is 0. The second-order valence-corrected chi connectivity index (χ2v) is 17.5. The van der Waals surface area contributed by atoms with Crippen LogP contribution in [0.2, 0.25) is 0 Å². The van der Waals surface area contributed by atoms with Gasteiger partial charge in [0.2, 0.25) is 0 Å². The van der Waals surface area contributed by atoms with Crippen LogP contribution in [0.3, 0.4) is 0 Å². The summed E-state index contributed by atoms with van der Waals surface area (Å²) in [5.74, 6) is -0.349. The molecule has 0 radical (unpaired) electrons. The molecule has 0 heterocycles. The minimum Gasteiger partial charge on any atom is -0.756 e. The second-order valence-electron chi connectivity index (χ2n) is 16.0. The van der Waals surface area contributed by atoms with E-state index in [4.69, 9.17) is 18.5 Å². The molecule has 0 aromatic rings. The fourth-order valence-corrected chi connectivity index (χ4v) is 6.64. The van der Waals surface area contributed by atoms with E-state index in [1.807, 2.05) is 21.1 Å². The fraction of sp³-hybridized carbons (Fsp3) is 0.844. The van der Waals surface area contributed by atoms with Crippen LogP contribution < -0.4 is 4.89 Å². The minimum absolute atomic E-state index is 0.0225. The number of hydrogen-bond acceptors (Lipinski definition) is 7. The number of nitrogens with zero attached hydrogens (tertiary/aromatic N) is 1. The number of unbranched alkanes of at least 4 members (excludes halogenated alkanes) is 21. The van der Waals surface area contributed by atoms with Crippen LogP contribution in [-0.2, 0) is 27.9 Å². The summed E-state index contributed by atoms with van der Waals surface area (Å²) in [5, 5.41) is 0. The summed E-state index contributed by atoms with van der Waals surface area (Å²) in [4.78, 5) is 25.0. The molecular weight excluding hydrogens is 697 g/mol. The van der Waals surface area contributed by atoms with Crippen molar-refractivity contribution in [2.45, 2.75) is 193 Å². The quantitative estimate of drug-likeness (QED) is 0.0200. The number of ether oxygens (including phenoxy) is 2. The van der Waals surface area contributed by atoms with E-state index in [1.54, 1.807) is 0 Å². The lowest BCUT2D eigenvalue weighted by molar-refractivity contribution is -0.870. The number of likely N-dealkylation sites (N-methyl/N-ethyl adjacent to an activating group) is 1. The standard InChI is InChI=1S/C45H86NO7P/c1-6-8-10-12-14-16-18-20-22-23-24-25-27-29-31-33-35-37-40-50-42-44(43-52-54(48,49)51-41-39-46(3,4)5)53-45(47)38-36-34-32-30-28-26-21-19-17-15-13-11-9-7-2/h13,15,19-22,44H,6-12,14,16-18,23-43H2,1-5H3/b15-13-,21-19-,22-20-. The number of hydrogen-bond donors (Lipinski definition) is 0. The van der Waals surface area contributed by atoms with Gasteiger partial charge < -0.3 is 27.9 Å². The molecule has 0 saturated carbocycles. The molecule has 0 aromatic heterocycles. The van der Waals surface area contributed by atoms with Gasteiger partial charge >= 0.3 is 5.97 Å². The maximum absolute atomic E-state index is 12.7. The number of carbonyl (C=O) groups excluding carboxylic acids is 1. The Morgan fingerprint density at radius 3 is 1.57 bits per heavy atom. The summed E-state index contributed by atoms with van der Waals surface area (Å²) in [6, 6.07) is 0. The maximum atomic E-state index is 12.7. The molecule has 0 amide bonds. The molecule has 0 aliphatic carbocycles. The predicted molar refractivity (Wildman–Crippen MR) is 227 cm³/mol. The molecule has 0 saturated heterocycles. The smallest absolute Gasteiger partial charge is 0.306 e. The van der Waals surface area contributed by atoms with Crippen molar-refractivity contribution in [2.75, 3.05) is 54.1 Å². The van der Waals surface area contributed by atoms with Gasteiger partial charge in [0.25, 0.3) is 7.82 Å². The zero-order chi connectivity index (χ0) is 39.9. The van der Waals surface area contributed by atoms with Gasteiger partial charge in [0, 0.05) is 13.0 Å². The normalized spacial score (nSPS) is 14.1. The highest BCUT2D eigenvalue weighted by molar-refractivity contribution is 7.45. The van der Waals surface area contributed by atoms with Crippen molar-refractivity contribution in [1.29, 1.82) is 0 Å². The van der Waals surface area contributed by atoms with Gasteiger partial charge in [-0.05, 0) is 64.2 Å². The van der Waals surface area contributed by atoms with E-state index < -0.39 is 13.9 Å². The van der Waals surface area contributed by atoms with Gasteiger partial charge in [-0.15, -0.1) is 0 Å². The average Bonchev–Trinajstić information content (AvgIpc) is 3.12. The van der Waals surface area contributed by atoms with Gasteiger partial charge in [0.05, 0.1) is 34.4 Å². The number of phosphoric acid groups is 1. The van der Waals surface area contributed by atoms with Gasteiger partial charge in [0.1, 0.15) is 19.3 Å². The molecule has 0 spiro atoms. The Kier molecular flexibility index (Phi) is 37.7. The molecular formula is C45H86NO7P. The van der Waals surface area contributed by atoms with Crippen LogP contribution in [-0.4, -0.2) is 70.7 Å². The van der Waals surface area contributed by atoms with Crippen molar-refractivity contribution in [3.63, 3.8) is 0 Å². The lowest BCUT2D eigenvalue weighted by Gasteiger charge is -2.28. The highest BCUT2D eigenvalue weighted by Crippen LogP contribution is 2.38. The minimum atomic E-state index is -4.53. The lowest BCUT2D eigenvalue weighted by Crippen LogP contribution is -2.37. The average molecular weight is 784 g/mol. The van der Waals surface area contributed by atoms with Crippen LogP contribution in [0.1, 0.15) is 187 Å². The number of carbonyl (C=O) groups is 1. The first-order valence-electron chi connectivity index (χ1n) is 22.2. The summed E-state index contributed by atoms with van der Waals surface area (Å²) in [6.07, 6.45) is 44.4. The van der Waals surface area contributed by atoms with E-state index in [0.29, 0.717) is 24.1 Å². The third-order valence-electron chi connectivity index (χ3n) is 9.41. The number of allylic oxidation sites excluding steroid dienone is 6. The van der Waals surface area contributed by atoms with Crippen molar-refractivity contribution in [3.05, 3.63) is 36.5 Å². The van der Waals surface area contributed by atoms with Crippen LogP contribution in [0.5, 0.6) is 0 Å². The molecule has 0 aromatic carbocycles. The van der Waals surface area contributed by atoms with Crippen LogP contribution in [0, 0.1) is 0 Å². The zero-order valence-electron chi connectivity index (χ0n) is 35.9. The monoisotopic (exact) mass is 784 g/mol. The van der Waals surface area contributed by atoms with Gasteiger partial charge in [0.15, 0.2) is 0 Å². The topological polar surface area (TPSA) is 94.1 Å². The third-order valence-corrected chi connectivity index (χ3v) is 10.4. The van der Waals surface area contributed by atoms with Crippen molar-refractivity contribution >= 4 is 13.8 Å². The molecule has 8 nitrogen and oxygen atoms in total. The number of esters is 1. The van der Waals surface area contributed by atoms with Crippen LogP contribution in [0.4, 0.5) is 0 Å². The van der Waals surface area contributed by atoms with E-state index in [9.17, 15) is 14.3 Å². The van der Waals surface area contributed by atoms with Gasteiger partial charge in [-0.3, -0.25) is 9.36 Å². The molecule has 0 fully saturated rings. The summed E-state index contributed by atoms with van der Waals surface area (Å²) in [5.41, 5.74) is 0. The van der Waals surface area contributed by atoms with Gasteiger partial charge in [-0.1, -0.05) is 153 Å². The van der Waals surface area contributed by atoms with E-state index in [0.717, 1.165) is 57.8 Å². The zero-order valence-corrected chi connectivity index (χ0v) is 36.8. The van der Waals surface area contributed by atoms with Crippen molar-refractivity contribution in [2.24, 2.45) is 0 Å². The van der Waals surface area contributed by atoms with Crippen LogP contribution >= 0.6 is 7.82 Å². The van der Waals surface area contributed by atoms with E-state index in [2.05, 4.69) is 50.3 Å². The fourth-order valence-electron chi connectivity index (χ4n) is 5.91. The summed E-state index contributed by atoms with van der Waals surface area (Å²) < 4.78 is 34.6. The Bertz CT molecular complexity index is 962. The lowest BCUT2D eigenvalue weighted by atomic mass is 10.1. The summed E-state index contributed by atoms with van der Waals surface area (Å²) in [6.45, 7) is 5.35. The Labute approximate surface area is 334 Å². The Hall–Kier alpha value is -1.28. The maximum Gasteiger partial charge on any atom is 0.306 e. The predicted octanol–water partition coefficient (Wildman–Crippen LogP) is 12.4. The number of quaternary nitrogens is 1. The SMILES string of the molecule is CCCC/C=C\C/C=C\CCCCCCCC(=O)OC(COCCCCCCCCCC/C=C\CCCCCCCC)COP(=O)([O-])OCC[N+](C)(C)C. The van der Waals surface area contributed by atoms with Crippen LogP contribution in [0.25, 0.3) is 0 Å². The second kappa shape index (κ2) is 38.6. The first-order chi connectivity index (χ1) is 26.1. The van der Waals surface area contributed by atoms with Crippen molar-refractivity contribution in [3.8, 4) is 0 Å². The summed E-state index contributed by atoms with van der Waals surface area (Å²) in [7, 11) is 1.34. The van der Waals surface area contributed by atoms with Crippen LogP contribution in [0.15, 0.2) is 36.5 Å².